The normalized spacial score (nSPS) is 10.5. The molecule has 3 aromatic rings. The van der Waals surface area contributed by atoms with Gasteiger partial charge < -0.3 is 19.5 Å². The fourth-order valence-corrected chi connectivity index (χ4v) is 3.14. The second-order valence-electron chi connectivity index (χ2n) is 5.71. The van der Waals surface area contributed by atoms with Crippen LogP contribution in [0, 0.1) is 0 Å². The standard InChI is InChI=1S/C20H19ClN2O4S/c1-25-8-9-26-19-17(21)6-3-7-18(19)23-20(24)14-4-2-5-16(10-14)27-11-15-12-28-13-22-15/h2-7,10,12-13H,8-9,11H2,1H3,(H,23,24). The number of aromatic nitrogens is 1. The SMILES string of the molecule is COCCOc1c(Cl)cccc1NC(=O)c1cccc(OCc2cscn2)c1. The van der Waals surface area contributed by atoms with Crippen LogP contribution in [0.15, 0.2) is 53.4 Å². The topological polar surface area (TPSA) is 69.7 Å². The molecule has 0 aliphatic carbocycles. The van der Waals surface area contributed by atoms with Crippen LogP contribution < -0.4 is 14.8 Å². The zero-order valence-corrected chi connectivity index (χ0v) is 16.8. The van der Waals surface area contributed by atoms with Crippen LogP contribution in [0.3, 0.4) is 0 Å². The third kappa shape index (κ3) is 5.45. The Hall–Kier alpha value is -2.61. The minimum atomic E-state index is -0.294. The molecule has 1 N–H and O–H groups in total. The third-order valence-corrected chi connectivity index (χ3v) is 4.65. The highest BCUT2D eigenvalue weighted by atomic mass is 35.5. The van der Waals surface area contributed by atoms with Gasteiger partial charge in [0.1, 0.15) is 19.0 Å². The van der Waals surface area contributed by atoms with Gasteiger partial charge in [-0.3, -0.25) is 4.79 Å². The van der Waals surface area contributed by atoms with Gasteiger partial charge in [-0.25, -0.2) is 4.98 Å². The molecule has 6 nitrogen and oxygen atoms in total. The summed E-state index contributed by atoms with van der Waals surface area (Å²) in [5.74, 6) is 0.701. The molecule has 0 saturated heterocycles. The Morgan fingerprint density at radius 2 is 2.04 bits per heavy atom. The van der Waals surface area contributed by atoms with Crippen molar-refractivity contribution in [1.82, 2.24) is 4.98 Å². The zero-order valence-electron chi connectivity index (χ0n) is 15.2. The lowest BCUT2D eigenvalue weighted by molar-refractivity contribution is 0.102. The number of rotatable bonds is 9. The predicted molar refractivity (Wildman–Crippen MR) is 110 cm³/mol. The lowest BCUT2D eigenvalue weighted by Gasteiger charge is -2.14. The van der Waals surface area contributed by atoms with Crippen LogP contribution in [0.2, 0.25) is 5.02 Å². The van der Waals surface area contributed by atoms with E-state index in [2.05, 4.69) is 10.3 Å². The number of para-hydroxylation sites is 1. The van der Waals surface area contributed by atoms with Gasteiger partial charge in [0.15, 0.2) is 5.75 Å². The Morgan fingerprint density at radius 1 is 1.18 bits per heavy atom. The number of methoxy groups -OCH3 is 1. The molecule has 0 saturated carbocycles. The largest absolute Gasteiger partial charge is 0.487 e. The Kier molecular flexibility index (Phi) is 7.25. The van der Waals surface area contributed by atoms with Gasteiger partial charge in [0.05, 0.1) is 28.5 Å². The molecule has 1 amide bonds. The Bertz CT molecular complexity index is 918. The van der Waals surface area contributed by atoms with Crippen molar-refractivity contribution in [3.8, 4) is 11.5 Å². The van der Waals surface area contributed by atoms with E-state index in [0.717, 1.165) is 5.69 Å². The monoisotopic (exact) mass is 418 g/mol. The van der Waals surface area contributed by atoms with E-state index in [0.29, 0.717) is 47.6 Å². The number of nitrogens with zero attached hydrogens (tertiary/aromatic N) is 1. The van der Waals surface area contributed by atoms with Crippen molar-refractivity contribution < 1.29 is 19.0 Å². The summed E-state index contributed by atoms with van der Waals surface area (Å²) in [4.78, 5) is 16.9. The second kappa shape index (κ2) is 10.1. The summed E-state index contributed by atoms with van der Waals surface area (Å²) in [6, 6.07) is 12.1. The summed E-state index contributed by atoms with van der Waals surface area (Å²) in [6.07, 6.45) is 0. The molecule has 0 atom stereocenters. The number of halogens is 1. The fourth-order valence-electron chi connectivity index (χ4n) is 2.37. The van der Waals surface area contributed by atoms with Crippen LogP contribution in [-0.2, 0) is 11.3 Å². The highest BCUT2D eigenvalue weighted by molar-refractivity contribution is 7.07. The number of carbonyl (C=O) groups excluding carboxylic acids is 1. The summed E-state index contributed by atoms with van der Waals surface area (Å²) >= 11 is 7.72. The van der Waals surface area contributed by atoms with Gasteiger partial charge in [0, 0.05) is 18.1 Å². The molecule has 0 fully saturated rings. The summed E-state index contributed by atoms with van der Waals surface area (Å²) < 4.78 is 16.3. The smallest absolute Gasteiger partial charge is 0.255 e. The average Bonchev–Trinajstić information content (AvgIpc) is 3.22. The van der Waals surface area contributed by atoms with Crippen LogP contribution in [0.25, 0.3) is 0 Å². The lowest BCUT2D eigenvalue weighted by Crippen LogP contribution is -2.14. The highest BCUT2D eigenvalue weighted by Gasteiger charge is 2.13. The number of benzene rings is 2. The van der Waals surface area contributed by atoms with E-state index in [-0.39, 0.29) is 5.91 Å². The summed E-state index contributed by atoms with van der Waals surface area (Å²) in [6.45, 7) is 1.08. The number of amides is 1. The van der Waals surface area contributed by atoms with Crippen LogP contribution in [-0.4, -0.2) is 31.2 Å². The average molecular weight is 419 g/mol. The summed E-state index contributed by atoms with van der Waals surface area (Å²) in [5.41, 5.74) is 3.54. The van der Waals surface area contributed by atoms with E-state index in [4.69, 9.17) is 25.8 Å². The van der Waals surface area contributed by atoms with Crippen molar-refractivity contribution in [2.24, 2.45) is 0 Å². The van der Waals surface area contributed by atoms with E-state index in [1.807, 2.05) is 5.38 Å². The number of nitrogens with one attached hydrogen (secondary N) is 1. The molecule has 8 heteroatoms. The second-order valence-corrected chi connectivity index (χ2v) is 6.83. The molecule has 28 heavy (non-hydrogen) atoms. The van der Waals surface area contributed by atoms with Crippen molar-refractivity contribution in [3.63, 3.8) is 0 Å². The number of hydrogen-bond donors (Lipinski definition) is 1. The van der Waals surface area contributed by atoms with Crippen molar-refractivity contribution in [2.45, 2.75) is 6.61 Å². The molecule has 0 unspecified atom stereocenters. The van der Waals surface area contributed by atoms with Crippen molar-refractivity contribution in [1.29, 1.82) is 0 Å². The van der Waals surface area contributed by atoms with Gasteiger partial charge in [-0.1, -0.05) is 23.7 Å². The molecule has 0 aliphatic rings. The van der Waals surface area contributed by atoms with Gasteiger partial charge in [-0.05, 0) is 30.3 Å². The van der Waals surface area contributed by atoms with E-state index >= 15 is 0 Å². The quantitative estimate of drug-likeness (QED) is 0.512. The number of carbonyl (C=O) groups is 1. The molecule has 146 valence electrons. The number of ether oxygens (including phenoxy) is 3. The first-order valence-electron chi connectivity index (χ1n) is 8.49. The van der Waals surface area contributed by atoms with E-state index in [1.54, 1.807) is 55.1 Å². The molecule has 1 aromatic heterocycles. The van der Waals surface area contributed by atoms with Crippen molar-refractivity contribution >= 4 is 34.5 Å². The highest BCUT2D eigenvalue weighted by Crippen LogP contribution is 2.33. The lowest BCUT2D eigenvalue weighted by atomic mass is 10.2. The third-order valence-electron chi connectivity index (χ3n) is 3.72. The molecule has 0 bridgehead atoms. The van der Waals surface area contributed by atoms with Crippen molar-refractivity contribution in [2.75, 3.05) is 25.6 Å². The number of anilines is 1. The van der Waals surface area contributed by atoms with E-state index in [9.17, 15) is 4.79 Å². The predicted octanol–water partition coefficient (Wildman–Crippen LogP) is 4.65. The maximum atomic E-state index is 12.7. The first-order chi connectivity index (χ1) is 13.7. The van der Waals surface area contributed by atoms with Crippen LogP contribution >= 0.6 is 22.9 Å². The Labute approximate surface area is 172 Å². The summed E-state index contributed by atoms with van der Waals surface area (Å²) in [7, 11) is 1.59. The Balaban J connectivity index is 1.69. The summed E-state index contributed by atoms with van der Waals surface area (Å²) in [5, 5.41) is 5.16. The number of hydrogen-bond acceptors (Lipinski definition) is 6. The molecular weight excluding hydrogens is 400 g/mol. The maximum Gasteiger partial charge on any atom is 0.255 e. The molecule has 1 heterocycles. The molecule has 2 aromatic carbocycles. The first kappa shape index (κ1) is 20.1. The first-order valence-corrected chi connectivity index (χ1v) is 9.81. The molecule has 3 rings (SSSR count). The molecule has 0 spiro atoms. The van der Waals surface area contributed by atoms with Gasteiger partial charge in [0.2, 0.25) is 0 Å². The van der Waals surface area contributed by atoms with Gasteiger partial charge in [-0.2, -0.15) is 0 Å². The van der Waals surface area contributed by atoms with Gasteiger partial charge >= 0.3 is 0 Å². The van der Waals surface area contributed by atoms with Crippen LogP contribution in [0.1, 0.15) is 16.1 Å². The van der Waals surface area contributed by atoms with Crippen LogP contribution in [0.5, 0.6) is 11.5 Å². The van der Waals surface area contributed by atoms with Gasteiger partial charge in [0.25, 0.3) is 5.91 Å². The minimum absolute atomic E-state index is 0.294. The molecule has 0 aliphatic heterocycles. The zero-order chi connectivity index (χ0) is 19.8. The van der Waals surface area contributed by atoms with Gasteiger partial charge in [-0.15, -0.1) is 11.3 Å². The Morgan fingerprint density at radius 3 is 2.82 bits per heavy atom. The molecular formula is C20H19ClN2O4S. The number of thiazole rings is 1. The maximum absolute atomic E-state index is 12.7. The van der Waals surface area contributed by atoms with E-state index in [1.165, 1.54) is 11.3 Å². The van der Waals surface area contributed by atoms with E-state index < -0.39 is 0 Å². The van der Waals surface area contributed by atoms with Crippen LogP contribution in [0.4, 0.5) is 5.69 Å². The molecule has 0 radical (unpaired) electrons. The fraction of sp³-hybridized carbons (Fsp3) is 0.200. The van der Waals surface area contributed by atoms with Crippen molar-refractivity contribution in [3.05, 3.63) is 69.6 Å². The minimum Gasteiger partial charge on any atom is -0.487 e.